The molecule has 2 aromatic carbocycles. The van der Waals surface area contributed by atoms with Gasteiger partial charge in [0.05, 0.1) is 28.9 Å². The molecule has 1 aromatic heterocycles. The molecule has 0 spiro atoms. The minimum Gasteiger partial charge on any atom is -0.465 e. The van der Waals surface area contributed by atoms with Gasteiger partial charge in [0.2, 0.25) is 5.91 Å². The third kappa shape index (κ3) is 3.94. The minimum atomic E-state index is -0.518. The molecule has 0 bridgehead atoms. The number of halogens is 1. The van der Waals surface area contributed by atoms with Crippen LogP contribution in [-0.2, 0) is 16.0 Å². The number of benzene rings is 2. The second-order valence-corrected chi connectivity index (χ2v) is 5.99. The predicted molar refractivity (Wildman–Crippen MR) is 96.6 cm³/mol. The van der Waals surface area contributed by atoms with Gasteiger partial charge in [-0.2, -0.15) is 0 Å². The van der Waals surface area contributed by atoms with E-state index in [0.717, 1.165) is 5.56 Å². The Morgan fingerprint density at radius 3 is 2.81 bits per heavy atom. The predicted octanol–water partition coefficient (Wildman–Crippen LogP) is 3.13. The van der Waals surface area contributed by atoms with E-state index in [1.165, 1.54) is 25.3 Å². The van der Waals surface area contributed by atoms with Crippen LogP contribution in [0.5, 0.6) is 0 Å². The number of H-pyrrole nitrogens is 1. The van der Waals surface area contributed by atoms with Crippen LogP contribution in [0.15, 0.2) is 45.6 Å². The van der Waals surface area contributed by atoms with Gasteiger partial charge in [0.25, 0.3) is 0 Å². The van der Waals surface area contributed by atoms with Gasteiger partial charge >= 0.3 is 11.7 Å². The van der Waals surface area contributed by atoms with Crippen LogP contribution in [0, 0.1) is 0 Å². The molecular weight excluding hydrogens is 360 g/mol. The SMILES string of the molecule is COC(=O)c1ccc(Cl)c(NC(=O)CCc2ccc3oc(=O)[nH]c3c2)c1. The van der Waals surface area contributed by atoms with Gasteiger partial charge in [0, 0.05) is 6.42 Å². The summed E-state index contributed by atoms with van der Waals surface area (Å²) in [5.74, 6) is -1.29. The number of amides is 1. The Bertz CT molecular complexity index is 1040. The number of rotatable bonds is 5. The zero-order valence-electron chi connectivity index (χ0n) is 13.8. The lowest BCUT2D eigenvalue weighted by atomic mass is 10.1. The Morgan fingerprint density at radius 2 is 2.04 bits per heavy atom. The summed E-state index contributed by atoms with van der Waals surface area (Å²) in [5.41, 5.74) is 2.56. The number of anilines is 1. The standard InChI is InChI=1S/C18H15ClN2O5/c1-25-17(23)11-4-5-12(19)13(9-11)20-16(22)7-3-10-2-6-15-14(8-10)21-18(24)26-15/h2,4-6,8-9H,3,7H2,1H3,(H,20,22)(H,21,24). The number of carbonyl (C=O) groups excluding carboxylic acids is 2. The number of ether oxygens (including phenoxy) is 1. The summed E-state index contributed by atoms with van der Waals surface area (Å²) in [7, 11) is 1.28. The van der Waals surface area contributed by atoms with Crippen molar-refractivity contribution in [2.45, 2.75) is 12.8 Å². The van der Waals surface area contributed by atoms with Crippen LogP contribution >= 0.6 is 11.6 Å². The fourth-order valence-corrected chi connectivity index (χ4v) is 2.66. The molecule has 0 saturated carbocycles. The lowest BCUT2D eigenvalue weighted by Gasteiger charge is -2.09. The largest absolute Gasteiger partial charge is 0.465 e. The molecule has 0 radical (unpaired) electrons. The van der Waals surface area contributed by atoms with E-state index in [9.17, 15) is 14.4 Å². The number of hydrogen-bond donors (Lipinski definition) is 2. The topological polar surface area (TPSA) is 101 Å². The number of hydrogen-bond acceptors (Lipinski definition) is 5. The summed E-state index contributed by atoms with van der Waals surface area (Å²) in [6, 6.07) is 9.73. The maximum absolute atomic E-state index is 12.2. The zero-order valence-corrected chi connectivity index (χ0v) is 14.6. The molecule has 0 fully saturated rings. The molecule has 0 aliphatic rings. The number of methoxy groups -OCH3 is 1. The number of carbonyl (C=O) groups is 2. The van der Waals surface area contributed by atoms with E-state index in [2.05, 4.69) is 15.0 Å². The Balaban J connectivity index is 1.66. The van der Waals surface area contributed by atoms with Crippen LogP contribution in [0.3, 0.4) is 0 Å². The fraction of sp³-hybridized carbons (Fsp3) is 0.167. The van der Waals surface area contributed by atoms with Crippen molar-refractivity contribution in [1.29, 1.82) is 0 Å². The van der Waals surface area contributed by atoms with Crippen molar-refractivity contribution in [1.82, 2.24) is 4.98 Å². The van der Waals surface area contributed by atoms with Crippen molar-refractivity contribution in [3.05, 3.63) is 63.1 Å². The second kappa shape index (κ2) is 7.45. The van der Waals surface area contributed by atoms with Crippen LogP contribution in [0.4, 0.5) is 5.69 Å². The summed E-state index contributed by atoms with van der Waals surface area (Å²) in [6.45, 7) is 0. The molecular formula is C18H15ClN2O5. The van der Waals surface area contributed by atoms with E-state index in [4.69, 9.17) is 16.0 Å². The van der Waals surface area contributed by atoms with Gasteiger partial charge in [-0.25, -0.2) is 9.59 Å². The molecule has 0 saturated heterocycles. The normalized spacial score (nSPS) is 10.7. The highest BCUT2D eigenvalue weighted by Gasteiger charge is 2.12. The first-order chi connectivity index (χ1) is 12.5. The number of oxazole rings is 1. The van der Waals surface area contributed by atoms with E-state index in [0.29, 0.717) is 33.8 Å². The van der Waals surface area contributed by atoms with Crippen molar-refractivity contribution in [2.75, 3.05) is 12.4 Å². The average Bonchev–Trinajstić information content (AvgIpc) is 3.00. The first kappa shape index (κ1) is 17.8. The lowest BCUT2D eigenvalue weighted by Crippen LogP contribution is -2.13. The number of aromatic nitrogens is 1. The molecule has 7 nitrogen and oxygen atoms in total. The summed E-state index contributed by atoms with van der Waals surface area (Å²) >= 11 is 6.06. The van der Waals surface area contributed by atoms with Crippen molar-refractivity contribution in [2.24, 2.45) is 0 Å². The maximum Gasteiger partial charge on any atom is 0.417 e. The molecule has 0 atom stereocenters. The van der Waals surface area contributed by atoms with Crippen molar-refractivity contribution in [3.8, 4) is 0 Å². The van der Waals surface area contributed by atoms with Gasteiger partial charge < -0.3 is 14.5 Å². The van der Waals surface area contributed by atoms with Gasteiger partial charge in [-0.3, -0.25) is 9.78 Å². The highest BCUT2D eigenvalue weighted by atomic mass is 35.5. The van der Waals surface area contributed by atoms with Crippen molar-refractivity contribution >= 4 is 40.3 Å². The molecule has 0 aliphatic carbocycles. The van der Waals surface area contributed by atoms with E-state index in [1.54, 1.807) is 18.2 Å². The first-order valence-corrected chi connectivity index (χ1v) is 8.13. The zero-order chi connectivity index (χ0) is 18.7. The summed E-state index contributed by atoms with van der Waals surface area (Å²) in [5, 5.41) is 3.01. The number of esters is 1. The van der Waals surface area contributed by atoms with Crippen LogP contribution in [0.25, 0.3) is 11.1 Å². The Labute approximate surface area is 152 Å². The number of aryl methyl sites for hydroxylation is 1. The molecule has 2 N–H and O–H groups in total. The summed E-state index contributed by atoms with van der Waals surface area (Å²) < 4.78 is 9.59. The molecule has 26 heavy (non-hydrogen) atoms. The molecule has 3 rings (SSSR count). The molecule has 1 heterocycles. The fourth-order valence-electron chi connectivity index (χ4n) is 2.49. The van der Waals surface area contributed by atoms with Gasteiger partial charge in [0.15, 0.2) is 5.58 Å². The van der Waals surface area contributed by atoms with E-state index in [-0.39, 0.29) is 12.3 Å². The molecule has 0 aliphatic heterocycles. The molecule has 3 aromatic rings. The highest BCUT2D eigenvalue weighted by molar-refractivity contribution is 6.33. The minimum absolute atomic E-state index is 0.201. The van der Waals surface area contributed by atoms with Crippen molar-refractivity contribution in [3.63, 3.8) is 0 Å². The van der Waals surface area contributed by atoms with E-state index in [1.807, 2.05) is 0 Å². The highest BCUT2D eigenvalue weighted by Crippen LogP contribution is 2.24. The molecule has 134 valence electrons. The van der Waals surface area contributed by atoms with E-state index >= 15 is 0 Å². The molecule has 1 amide bonds. The van der Waals surface area contributed by atoms with Crippen molar-refractivity contribution < 1.29 is 18.7 Å². The number of nitrogens with one attached hydrogen (secondary N) is 2. The average molecular weight is 375 g/mol. The molecule has 8 heteroatoms. The number of aromatic amines is 1. The van der Waals surface area contributed by atoms with Crippen LogP contribution in [-0.4, -0.2) is 24.0 Å². The van der Waals surface area contributed by atoms with Crippen LogP contribution < -0.4 is 11.1 Å². The third-order valence-electron chi connectivity index (χ3n) is 3.79. The smallest absolute Gasteiger partial charge is 0.417 e. The molecule has 0 unspecified atom stereocenters. The second-order valence-electron chi connectivity index (χ2n) is 5.58. The number of fused-ring (bicyclic) bond motifs is 1. The quantitative estimate of drug-likeness (QED) is 0.668. The Morgan fingerprint density at radius 1 is 1.23 bits per heavy atom. The van der Waals surface area contributed by atoms with E-state index < -0.39 is 11.7 Å². The monoisotopic (exact) mass is 374 g/mol. The third-order valence-corrected chi connectivity index (χ3v) is 4.12. The Kier molecular flexibility index (Phi) is 5.09. The van der Waals surface area contributed by atoms with Crippen LogP contribution in [0.2, 0.25) is 5.02 Å². The summed E-state index contributed by atoms with van der Waals surface area (Å²) in [4.78, 5) is 37.5. The summed E-state index contributed by atoms with van der Waals surface area (Å²) in [6.07, 6.45) is 0.662. The Hall–Kier alpha value is -3.06. The lowest BCUT2D eigenvalue weighted by molar-refractivity contribution is -0.116. The first-order valence-electron chi connectivity index (χ1n) is 7.76. The van der Waals surface area contributed by atoms with Gasteiger partial charge in [-0.05, 0) is 42.3 Å². The van der Waals surface area contributed by atoms with Gasteiger partial charge in [-0.15, -0.1) is 0 Å². The van der Waals surface area contributed by atoms with Gasteiger partial charge in [0.1, 0.15) is 0 Å². The maximum atomic E-state index is 12.2. The van der Waals surface area contributed by atoms with Gasteiger partial charge in [-0.1, -0.05) is 17.7 Å². The van der Waals surface area contributed by atoms with Crippen LogP contribution in [0.1, 0.15) is 22.3 Å².